The Hall–Kier alpha value is -3.30. The zero-order chi connectivity index (χ0) is 21.6. The van der Waals surface area contributed by atoms with E-state index in [2.05, 4.69) is 10.0 Å². The van der Waals surface area contributed by atoms with Crippen LogP contribution in [0.1, 0.15) is 23.0 Å². The van der Waals surface area contributed by atoms with E-state index >= 15 is 0 Å². The molecular formula is C21H22N2O6S. The summed E-state index contributed by atoms with van der Waals surface area (Å²) in [6.45, 7) is 2.28. The van der Waals surface area contributed by atoms with Crippen LogP contribution in [0.25, 0.3) is 0 Å². The molecule has 1 aromatic heterocycles. The van der Waals surface area contributed by atoms with E-state index in [1.165, 1.54) is 25.5 Å². The number of nitrogens with one attached hydrogen (secondary N) is 2. The van der Waals surface area contributed by atoms with Gasteiger partial charge in [-0.15, -0.1) is 0 Å². The lowest BCUT2D eigenvalue weighted by Crippen LogP contribution is -2.23. The fourth-order valence-electron chi connectivity index (χ4n) is 2.69. The monoisotopic (exact) mass is 430 g/mol. The van der Waals surface area contributed by atoms with Crippen LogP contribution in [-0.4, -0.2) is 28.0 Å². The summed E-state index contributed by atoms with van der Waals surface area (Å²) in [6.07, 6.45) is 1.47. The topological polar surface area (TPSA) is 107 Å². The van der Waals surface area contributed by atoms with Gasteiger partial charge in [0.05, 0.1) is 31.4 Å². The van der Waals surface area contributed by atoms with E-state index in [1.54, 1.807) is 42.5 Å². The maximum absolute atomic E-state index is 12.6. The first-order valence-electron chi connectivity index (χ1n) is 9.17. The molecule has 9 heteroatoms. The average molecular weight is 430 g/mol. The number of benzene rings is 2. The molecule has 0 atom stereocenters. The van der Waals surface area contributed by atoms with E-state index in [1.807, 2.05) is 6.92 Å². The van der Waals surface area contributed by atoms with E-state index < -0.39 is 15.9 Å². The number of rotatable bonds is 9. The third kappa shape index (κ3) is 5.19. The number of amides is 1. The number of methoxy groups -OCH3 is 1. The van der Waals surface area contributed by atoms with Gasteiger partial charge in [-0.3, -0.25) is 4.79 Å². The molecule has 2 aromatic carbocycles. The smallest absolute Gasteiger partial charge is 0.255 e. The summed E-state index contributed by atoms with van der Waals surface area (Å²) in [5.41, 5.74) is 0.693. The molecule has 0 aliphatic carbocycles. The molecule has 0 aliphatic rings. The summed E-state index contributed by atoms with van der Waals surface area (Å²) in [6, 6.07) is 14.1. The van der Waals surface area contributed by atoms with Crippen molar-refractivity contribution >= 4 is 21.6 Å². The minimum Gasteiger partial charge on any atom is -0.493 e. The first-order chi connectivity index (χ1) is 14.4. The van der Waals surface area contributed by atoms with Gasteiger partial charge >= 0.3 is 0 Å². The summed E-state index contributed by atoms with van der Waals surface area (Å²) in [7, 11) is -2.26. The number of anilines is 1. The highest BCUT2D eigenvalue weighted by molar-refractivity contribution is 7.89. The molecular weight excluding hydrogens is 408 g/mol. The van der Waals surface area contributed by atoms with E-state index in [4.69, 9.17) is 13.9 Å². The first-order valence-corrected chi connectivity index (χ1v) is 10.7. The summed E-state index contributed by atoms with van der Waals surface area (Å²) < 4.78 is 43.3. The molecule has 1 amide bonds. The normalized spacial score (nSPS) is 11.1. The largest absolute Gasteiger partial charge is 0.493 e. The Morgan fingerprint density at radius 1 is 1.07 bits per heavy atom. The molecule has 1 heterocycles. The van der Waals surface area contributed by atoms with Crippen molar-refractivity contribution in [2.75, 3.05) is 19.0 Å². The zero-order valence-corrected chi connectivity index (χ0v) is 17.4. The van der Waals surface area contributed by atoms with Gasteiger partial charge in [-0.25, -0.2) is 13.1 Å². The van der Waals surface area contributed by atoms with Gasteiger partial charge in [0.25, 0.3) is 5.91 Å². The van der Waals surface area contributed by atoms with Gasteiger partial charge in [0.1, 0.15) is 5.76 Å². The number of sulfonamides is 1. The molecule has 3 aromatic rings. The van der Waals surface area contributed by atoms with Crippen molar-refractivity contribution in [3.8, 4) is 11.5 Å². The number of carbonyl (C=O) groups is 1. The molecule has 30 heavy (non-hydrogen) atoms. The Bertz CT molecular complexity index is 1110. The van der Waals surface area contributed by atoms with Gasteiger partial charge in [0.15, 0.2) is 11.5 Å². The van der Waals surface area contributed by atoms with E-state index in [0.717, 1.165) is 0 Å². The summed E-state index contributed by atoms with van der Waals surface area (Å²) in [5, 5.41) is 2.70. The standard InChI is InChI=1S/C21H22N2O6S/c1-3-28-20-12-15(9-10-19(20)27-2)21(24)23-16-6-4-8-18(13-16)30(25,26)22-14-17-7-5-11-29-17/h4-13,22H,3,14H2,1-2H3,(H,23,24). The Morgan fingerprint density at radius 2 is 1.90 bits per heavy atom. The third-order valence-electron chi connectivity index (χ3n) is 4.14. The van der Waals surface area contributed by atoms with Gasteiger partial charge in [-0.2, -0.15) is 0 Å². The van der Waals surface area contributed by atoms with Crippen LogP contribution in [0.15, 0.2) is 70.2 Å². The van der Waals surface area contributed by atoms with Crippen LogP contribution in [0.4, 0.5) is 5.69 Å². The summed E-state index contributed by atoms with van der Waals surface area (Å²) >= 11 is 0. The summed E-state index contributed by atoms with van der Waals surface area (Å²) in [5.74, 6) is 1.06. The van der Waals surface area contributed by atoms with Gasteiger partial charge in [0, 0.05) is 11.3 Å². The quantitative estimate of drug-likeness (QED) is 0.539. The molecule has 0 saturated heterocycles. The minimum absolute atomic E-state index is 0.0246. The number of hydrogen-bond donors (Lipinski definition) is 2. The molecule has 158 valence electrons. The predicted molar refractivity (Wildman–Crippen MR) is 111 cm³/mol. The van der Waals surface area contributed by atoms with Crippen LogP contribution < -0.4 is 19.5 Å². The average Bonchev–Trinajstić information content (AvgIpc) is 3.26. The van der Waals surface area contributed by atoms with Gasteiger partial charge < -0.3 is 19.2 Å². The highest BCUT2D eigenvalue weighted by atomic mass is 32.2. The maximum Gasteiger partial charge on any atom is 0.255 e. The van der Waals surface area contributed by atoms with E-state index in [-0.39, 0.29) is 11.4 Å². The first kappa shape index (κ1) is 21.4. The maximum atomic E-state index is 12.6. The van der Waals surface area contributed by atoms with Crippen LogP contribution >= 0.6 is 0 Å². The Balaban J connectivity index is 1.74. The van der Waals surface area contributed by atoms with E-state index in [9.17, 15) is 13.2 Å². The van der Waals surface area contributed by atoms with Crippen molar-refractivity contribution in [1.29, 1.82) is 0 Å². The Morgan fingerprint density at radius 3 is 2.60 bits per heavy atom. The molecule has 0 radical (unpaired) electrons. The second-order valence-corrected chi connectivity index (χ2v) is 7.95. The van der Waals surface area contributed by atoms with Gasteiger partial charge in [-0.05, 0) is 55.5 Å². The highest BCUT2D eigenvalue weighted by Gasteiger charge is 2.16. The van der Waals surface area contributed by atoms with E-state index in [0.29, 0.717) is 35.1 Å². The fourth-order valence-corrected chi connectivity index (χ4v) is 3.73. The van der Waals surface area contributed by atoms with Gasteiger partial charge in [-0.1, -0.05) is 6.07 Å². The van der Waals surface area contributed by atoms with Crippen LogP contribution in [0.3, 0.4) is 0 Å². The zero-order valence-electron chi connectivity index (χ0n) is 16.5. The van der Waals surface area contributed by atoms with Crippen molar-refractivity contribution in [3.05, 3.63) is 72.2 Å². The van der Waals surface area contributed by atoms with Crippen molar-refractivity contribution in [2.45, 2.75) is 18.4 Å². The number of ether oxygens (including phenoxy) is 2. The third-order valence-corrected chi connectivity index (χ3v) is 5.54. The van der Waals surface area contributed by atoms with Crippen LogP contribution in [0.2, 0.25) is 0 Å². The van der Waals surface area contributed by atoms with Gasteiger partial charge in [0.2, 0.25) is 10.0 Å². The van der Waals surface area contributed by atoms with Crippen molar-refractivity contribution in [3.63, 3.8) is 0 Å². The van der Waals surface area contributed by atoms with Crippen LogP contribution in [-0.2, 0) is 16.6 Å². The summed E-state index contributed by atoms with van der Waals surface area (Å²) in [4.78, 5) is 12.7. The molecule has 3 rings (SSSR count). The van der Waals surface area contributed by atoms with Crippen LogP contribution in [0.5, 0.6) is 11.5 Å². The number of furan rings is 1. The minimum atomic E-state index is -3.78. The molecule has 0 saturated carbocycles. The molecule has 0 spiro atoms. The lowest BCUT2D eigenvalue weighted by molar-refractivity contribution is 0.102. The van der Waals surface area contributed by atoms with Crippen molar-refractivity contribution in [2.24, 2.45) is 0 Å². The lowest BCUT2D eigenvalue weighted by atomic mass is 10.2. The highest BCUT2D eigenvalue weighted by Crippen LogP contribution is 2.28. The molecule has 0 bridgehead atoms. The fraction of sp³-hybridized carbons (Fsp3) is 0.190. The number of hydrogen-bond acceptors (Lipinski definition) is 6. The molecule has 0 fully saturated rings. The SMILES string of the molecule is CCOc1cc(C(=O)Nc2cccc(S(=O)(=O)NCc3ccco3)c2)ccc1OC. The molecule has 8 nitrogen and oxygen atoms in total. The Labute approximate surface area is 174 Å². The van der Waals surface area contributed by atoms with Crippen molar-refractivity contribution in [1.82, 2.24) is 4.72 Å². The second-order valence-electron chi connectivity index (χ2n) is 6.18. The van der Waals surface area contributed by atoms with Crippen molar-refractivity contribution < 1.29 is 27.1 Å². The lowest BCUT2D eigenvalue weighted by Gasteiger charge is -2.12. The Kier molecular flexibility index (Phi) is 6.76. The number of carbonyl (C=O) groups excluding carboxylic acids is 1. The molecule has 0 unspecified atom stereocenters. The molecule has 2 N–H and O–H groups in total. The van der Waals surface area contributed by atoms with Crippen LogP contribution in [0, 0.1) is 0 Å². The second kappa shape index (κ2) is 9.47. The predicted octanol–water partition coefficient (Wildman–Crippen LogP) is 3.42. The molecule has 0 aliphatic heterocycles.